The molecule has 1 amide bonds. The molecule has 2 saturated carbocycles. The van der Waals surface area contributed by atoms with Crippen molar-refractivity contribution in [2.24, 2.45) is 28.4 Å². The number of ether oxygens (including phenoxy) is 4. The highest BCUT2D eigenvalue weighted by Gasteiger charge is 2.61. The number of nitrogens with one attached hydrogen (secondary N) is 1. The van der Waals surface area contributed by atoms with Gasteiger partial charge in [-0.3, -0.25) is 4.79 Å². The predicted octanol–water partition coefficient (Wildman–Crippen LogP) is 2.32. The zero-order chi connectivity index (χ0) is 23.2. The Labute approximate surface area is 195 Å². The Morgan fingerprint density at radius 1 is 1.18 bits per heavy atom. The average molecular weight is 461 g/mol. The standard InChI is InChI=1S/C25H36N2O6/c1-24-8-7-21-25(2,13-30-23(11-26)33-21)20(24)6-4-17(28)16(24)10-22(29)27-12-15-3-5-18-19(9-15)32-14-31-18/h3,5,9,16-17,20-21,23,28H,4,6-8,10-14,26H2,1-2H3,(H,27,29)/t16-,17-,20-,21-,23-,24+,25+/m1/s1. The fraction of sp³-hybridized carbons (Fsp3) is 0.720. The highest BCUT2D eigenvalue weighted by Crippen LogP contribution is 2.62. The molecule has 0 radical (unpaired) electrons. The lowest BCUT2D eigenvalue weighted by Crippen LogP contribution is -2.63. The second kappa shape index (κ2) is 8.73. The fourth-order valence-corrected chi connectivity index (χ4v) is 6.93. The molecular formula is C25H36N2O6. The van der Waals surface area contributed by atoms with Crippen LogP contribution in [0.5, 0.6) is 11.5 Å². The van der Waals surface area contributed by atoms with E-state index in [1.807, 2.05) is 18.2 Å². The van der Waals surface area contributed by atoms with E-state index in [1.165, 1.54) is 0 Å². The Kier molecular flexibility index (Phi) is 6.05. The summed E-state index contributed by atoms with van der Waals surface area (Å²) in [5.74, 6) is 1.62. The van der Waals surface area contributed by atoms with Gasteiger partial charge in [-0.2, -0.15) is 0 Å². The van der Waals surface area contributed by atoms with Crippen LogP contribution in [0.15, 0.2) is 18.2 Å². The maximum atomic E-state index is 13.0. The number of nitrogens with two attached hydrogens (primary N) is 1. The molecular weight excluding hydrogens is 424 g/mol. The minimum Gasteiger partial charge on any atom is -0.454 e. The smallest absolute Gasteiger partial charge is 0.231 e. The summed E-state index contributed by atoms with van der Waals surface area (Å²) in [7, 11) is 0. The van der Waals surface area contributed by atoms with Gasteiger partial charge < -0.3 is 35.1 Å². The SMILES string of the molecule is C[C@@]12CO[C@@H](CN)O[C@@H]1CC[C@]1(C)[C@H]2CC[C@@H](O)[C@H]1CC(=O)NCc1ccc2c(c1)OCO2. The van der Waals surface area contributed by atoms with Gasteiger partial charge in [0.1, 0.15) is 0 Å². The Hall–Kier alpha value is -1.87. The van der Waals surface area contributed by atoms with Crippen LogP contribution in [0, 0.1) is 22.7 Å². The van der Waals surface area contributed by atoms with E-state index in [0.717, 1.165) is 30.6 Å². The fourth-order valence-electron chi connectivity index (χ4n) is 6.93. The van der Waals surface area contributed by atoms with Gasteiger partial charge in [-0.25, -0.2) is 0 Å². The van der Waals surface area contributed by atoms with Crippen LogP contribution in [0.4, 0.5) is 0 Å². The molecule has 2 heterocycles. The number of rotatable bonds is 5. The first-order chi connectivity index (χ1) is 15.8. The largest absolute Gasteiger partial charge is 0.454 e. The Morgan fingerprint density at radius 2 is 2.00 bits per heavy atom. The van der Waals surface area contributed by atoms with E-state index in [9.17, 15) is 9.90 Å². The Balaban J connectivity index is 1.26. The number of hydrogen-bond donors (Lipinski definition) is 3. The van der Waals surface area contributed by atoms with Crippen molar-refractivity contribution >= 4 is 5.91 Å². The Morgan fingerprint density at radius 3 is 2.82 bits per heavy atom. The molecule has 5 rings (SSSR count). The number of hydrogen-bond acceptors (Lipinski definition) is 7. The zero-order valence-electron chi connectivity index (χ0n) is 19.5. The summed E-state index contributed by atoms with van der Waals surface area (Å²) in [6.45, 7) is 6.12. The zero-order valence-corrected chi connectivity index (χ0v) is 19.5. The highest BCUT2D eigenvalue weighted by molar-refractivity contribution is 5.76. The van der Waals surface area contributed by atoms with Gasteiger partial charge in [-0.15, -0.1) is 0 Å². The average Bonchev–Trinajstić information content (AvgIpc) is 3.27. The first-order valence-electron chi connectivity index (χ1n) is 12.1. The predicted molar refractivity (Wildman–Crippen MR) is 120 cm³/mol. The van der Waals surface area contributed by atoms with Crippen LogP contribution in [0.2, 0.25) is 0 Å². The summed E-state index contributed by atoms with van der Waals surface area (Å²) in [4.78, 5) is 13.0. The lowest BCUT2D eigenvalue weighted by Gasteiger charge is -2.62. The summed E-state index contributed by atoms with van der Waals surface area (Å²) in [5, 5.41) is 14.0. The number of carbonyl (C=O) groups is 1. The molecule has 2 aliphatic heterocycles. The minimum atomic E-state index is -0.482. The van der Waals surface area contributed by atoms with E-state index in [1.54, 1.807) is 0 Å². The molecule has 1 saturated heterocycles. The second-order valence-corrected chi connectivity index (χ2v) is 10.6. The van der Waals surface area contributed by atoms with Gasteiger partial charge in [0.2, 0.25) is 12.7 Å². The van der Waals surface area contributed by atoms with E-state index < -0.39 is 6.10 Å². The summed E-state index contributed by atoms with van der Waals surface area (Å²) in [6.07, 6.45) is 3.03. The lowest BCUT2D eigenvalue weighted by atomic mass is 9.46. The van der Waals surface area contributed by atoms with Crippen molar-refractivity contribution in [1.29, 1.82) is 0 Å². The van der Waals surface area contributed by atoms with Gasteiger partial charge in [-0.05, 0) is 60.6 Å². The maximum absolute atomic E-state index is 13.0. The van der Waals surface area contributed by atoms with Crippen LogP contribution in [0.3, 0.4) is 0 Å². The second-order valence-electron chi connectivity index (χ2n) is 10.6. The molecule has 8 nitrogen and oxygen atoms in total. The molecule has 3 fully saturated rings. The third-order valence-electron chi connectivity index (χ3n) is 8.76. The maximum Gasteiger partial charge on any atom is 0.231 e. The van der Waals surface area contributed by atoms with Gasteiger partial charge in [-0.1, -0.05) is 19.9 Å². The molecule has 0 unspecified atom stereocenters. The number of benzene rings is 1. The van der Waals surface area contributed by atoms with Crippen molar-refractivity contribution in [1.82, 2.24) is 5.32 Å². The number of aliphatic hydroxyl groups excluding tert-OH is 1. The van der Waals surface area contributed by atoms with Crippen molar-refractivity contribution in [2.75, 3.05) is 19.9 Å². The highest BCUT2D eigenvalue weighted by atomic mass is 16.7. The summed E-state index contributed by atoms with van der Waals surface area (Å²) >= 11 is 0. The third-order valence-corrected chi connectivity index (χ3v) is 8.76. The molecule has 1 aromatic carbocycles. The van der Waals surface area contributed by atoms with Gasteiger partial charge in [0, 0.05) is 24.9 Å². The van der Waals surface area contributed by atoms with Crippen molar-refractivity contribution < 1.29 is 28.8 Å². The molecule has 182 valence electrons. The number of aliphatic hydroxyl groups is 1. The molecule has 0 spiro atoms. The van der Waals surface area contributed by atoms with Crippen molar-refractivity contribution in [3.8, 4) is 11.5 Å². The van der Waals surface area contributed by atoms with E-state index in [2.05, 4.69) is 19.2 Å². The summed E-state index contributed by atoms with van der Waals surface area (Å²) in [5.41, 5.74) is 6.45. The van der Waals surface area contributed by atoms with Crippen molar-refractivity contribution in [3.05, 3.63) is 23.8 Å². The van der Waals surface area contributed by atoms with Gasteiger partial charge in [0.15, 0.2) is 17.8 Å². The molecule has 1 aromatic rings. The van der Waals surface area contributed by atoms with Crippen LogP contribution in [0.25, 0.3) is 0 Å². The van der Waals surface area contributed by atoms with Gasteiger partial charge >= 0.3 is 0 Å². The van der Waals surface area contributed by atoms with E-state index in [0.29, 0.717) is 44.2 Å². The molecule has 8 heteroatoms. The van der Waals surface area contributed by atoms with E-state index in [4.69, 9.17) is 24.7 Å². The number of carbonyl (C=O) groups excluding carboxylic acids is 1. The van der Waals surface area contributed by atoms with Crippen LogP contribution in [-0.4, -0.2) is 49.5 Å². The molecule has 33 heavy (non-hydrogen) atoms. The minimum absolute atomic E-state index is 0.0368. The van der Waals surface area contributed by atoms with E-state index >= 15 is 0 Å². The molecule has 4 aliphatic rings. The first-order valence-corrected chi connectivity index (χ1v) is 12.1. The normalized spacial score (nSPS) is 39.5. The van der Waals surface area contributed by atoms with Crippen LogP contribution in [-0.2, 0) is 20.8 Å². The monoisotopic (exact) mass is 460 g/mol. The van der Waals surface area contributed by atoms with Crippen molar-refractivity contribution in [3.63, 3.8) is 0 Å². The molecule has 0 bridgehead atoms. The van der Waals surface area contributed by atoms with Crippen molar-refractivity contribution in [2.45, 2.75) is 71.0 Å². The lowest BCUT2D eigenvalue weighted by molar-refractivity contribution is -0.305. The van der Waals surface area contributed by atoms with Crippen LogP contribution in [0.1, 0.15) is 51.5 Å². The first kappa shape index (κ1) is 22.9. The van der Waals surface area contributed by atoms with Crippen LogP contribution >= 0.6 is 0 Å². The van der Waals surface area contributed by atoms with E-state index in [-0.39, 0.29) is 41.8 Å². The summed E-state index contributed by atoms with van der Waals surface area (Å²) < 4.78 is 22.9. The quantitative estimate of drug-likeness (QED) is 0.618. The Bertz CT molecular complexity index is 896. The molecule has 2 aliphatic carbocycles. The molecule has 0 aromatic heterocycles. The van der Waals surface area contributed by atoms with Crippen LogP contribution < -0.4 is 20.5 Å². The molecule has 7 atom stereocenters. The van der Waals surface area contributed by atoms with Gasteiger partial charge in [0.05, 0.1) is 18.8 Å². The number of fused-ring (bicyclic) bond motifs is 4. The molecule has 4 N–H and O–H groups in total. The number of amides is 1. The summed E-state index contributed by atoms with van der Waals surface area (Å²) in [6, 6.07) is 5.69. The topological polar surface area (TPSA) is 112 Å². The third kappa shape index (κ3) is 4.01. The van der Waals surface area contributed by atoms with Gasteiger partial charge in [0.25, 0.3) is 0 Å².